The minimum Gasteiger partial charge on any atom is -0.493 e. The van der Waals surface area contributed by atoms with Crippen molar-refractivity contribution in [1.29, 1.82) is 0 Å². The van der Waals surface area contributed by atoms with E-state index in [2.05, 4.69) is 4.98 Å². The molecule has 6 heteroatoms. The molecule has 0 bridgehead atoms. The molecule has 110 valence electrons. The zero-order valence-corrected chi connectivity index (χ0v) is 11.9. The number of aromatic carboxylic acids is 1. The average molecular weight is 289 g/mol. The van der Waals surface area contributed by atoms with Crippen molar-refractivity contribution in [1.82, 2.24) is 4.98 Å². The first-order chi connectivity index (χ1) is 10.1. The van der Waals surface area contributed by atoms with Crippen molar-refractivity contribution in [3.05, 3.63) is 36.2 Å². The molecule has 0 saturated heterocycles. The van der Waals surface area contributed by atoms with Gasteiger partial charge in [0.05, 0.1) is 21.3 Å². The predicted octanol–water partition coefficient (Wildman–Crippen LogP) is 2.47. The Bertz CT molecular complexity index is 669. The third kappa shape index (κ3) is 2.60. The summed E-state index contributed by atoms with van der Waals surface area (Å²) in [7, 11) is 4.49. The minimum atomic E-state index is -1.11. The minimum absolute atomic E-state index is 0.0528. The highest BCUT2D eigenvalue weighted by atomic mass is 16.5. The quantitative estimate of drug-likeness (QED) is 0.911. The molecule has 0 fully saturated rings. The van der Waals surface area contributed by atoms with Gasteiger partial charge in [-0.05, 0) is 18.2 Å². The second-order valence-electron chi connectivity index (χ2n) is 4.09. The summed E-state index contributed by atoms with van der Waals surface area (Å²) in [6, 6.07) is 6.73. The Morgan fingerprint density at radius 2 is 1.71 bits per heavy atom. The number of methoxy groups -OCH3 is 3. The number of hydrogen-bond acceptors (Lipinski definition) is 5. The molecule has 1 N–H and O–H groups in total. The molecule has 0 spiro atoms. The lowest BCUT2D eigenvalue weighted by atomic mass is 10.0. The van der Waals surface area contributed by atoms with E-state index in [1.165, 1.54) is 27.5 Å². The molecule has 0 amide bonds. The van der Waals surface area contributed by atoms with E-state index in [4.69, 9.17) is 14.2 Å². The maximum absolute atomic E-state index is 11.3. The van der Waals surface area contributed by atoms with Gasteiger partial charge in [0.2, 0.25) is 5.75 Å². The Labute approximate surface area is 121 Å². The largest absolute Gasteiger partial charge is 0.493 e. The molecule has 0 unspecified atom stereocenters. The molecule has 21 heavy (non-hydrogen) atoms. The fourth-order valence-corrected chi connectivity index (χ4v) is 2.11. The number of ether oxygens (including phenoxy) is 3. The van der Waals surface area contributed by atoms with Gasteiger partial charge in [0.1, 0.15) is 0 Å². The maximum atomic E-state index is 11.3. The van der Waals surface area contributed by atoms with Crippen LogP contribution < -0.4 is 14.2 Å². The number of carboxylic acids is 1. The van der Waals surface area contributed by atoms with Crippen molar-refractivity contribution in [3.63, 3.8) is 0 Å². The molecule has 6 nitrogen and oxygen atoms in total. The Hall–Kier alpha value is -2.76. The molecule has 1 aromatic heterocycles. The first kappa shape index (κ1) is 14.6. The first-order valence-electron chi connectivity index (χ1n) is 6.11. The lowest BCUT2D eigenvalue weighted by Crippen LogP contribution is -2.04. The van der Waals surface area contributed by atoms with Gasteiger partial charge >= 0.3 is 5.97 Å². The lowest BCUT2D eigenvalue weighted by molar-refractivity contribution is 0.0691. The summed E-state index contributed by atoms with van der Waals surface area (Å²) in [6.45, 7) is 0. The van der Waals surface area contributed by atoms with Crippen LogP contribution in [-0.4, -0.2) is 37.4 Å². The van der Waals surface area contributed by atoms with Crippen molar-refractivity contribution >= 4 is 5.97 Å². The van der Waals surface area contributed by atoms with Crippen LogP contribution >= 0.6 is 0 Å². The fraction of sp³-hybridized carbons (Fsp3) is 0.200. The molecule has 2 aromatic rings. The molecule has 0 aliphatic rings. The first-order valence-corrected chi connectivity index (χ1v) is 6.11. The lowest BCUT2D eigenvalue weighted by Gasteiger charge is -2.16. The van der Waals surface area contributed by atoms with Crippen LogP contribution in [0.25, 0.3) is 11.1 Å². The molecule has 0 aliphatic carbocycles. The highest BCUT2D eigenvalue weighted by molar-refractivity contribution is 5.95. The summed E-state index contributed by atoms with van der Waals surface area (Å²) in [4.78, 5) is 15.2. The normalized spacial score (nSPS) is 10.0. The fourth-order valence-electron chi connectivity index (χ4n) is 2.11. The maximum Gasteiger partial charge on any atom is 0.355 e. The Balaban J connectivity index is 2.73. The van der Waals surface area contributed by atoms with Crippen molar-refractivity contribution in [2.75, 3.05) is 21.3 Å². The van der Waals surface area contributed by atoms with Gasteiger partial charge in [0.15, 0.2) is 17.2 Å². The van der Waals surface area contributed by atoms with E-state index < -0.39 is 5.97 Å². The highest BCUT2D eigenvalue weighted by Crippen LogP contribution is 2.44. The van der Waals surface area contributed by atoms with E-state index in [-0.39, 0.29) is 5.69 Å². The van der Waals surface area contributed by atoms with Gasteiger partial charge in [-0.25, -0.2) is 9.78 Å². The molecule has 1 heterocycles. The van der Waals surface area contributed by atoms with Crippen molar-refractivity contribution in [2.24, 2.45) is 0 Å². The number of rotatable bonds is 5. The Morgan fingerprint density at radius 1 is 1.00 bits per heavy atom. The number of hydrogen-bond donors (Lipinski definition) is 1. The van der Waals surface area contributed by atoms with Crippen molar-refractivity contribution in [3.8, 4) is 28.4 Å². The molecular formula is C15H15NO5. The number of carbonyl (C=O) groups is 1. The van der Waals surface area contributed by atoms with E-state index in [1.807, 2.05) is 0 Å². The Kier molecular flexibility index (Phi) is 4.27. The van der Waals surface area contributed by atoms with Crippen LogP contribution in [0.4, 0.5) is 0 Å². The van der Waals surface area contributed by atoms with Gasteiger partial charge < -0.3 is 19.3 Å². The molecule has 2 rings (SSSR count). The summed E-state index contributed by atoms with van der Waals surface area (Å²) in [6.07, 6.45) is 1.43. The molecule has 0 atom stereocenters. The average Bonchev–Trinajstić information content (AvgIpc) is 2.53. The van der Waals surface area contributed by atoms with E-state index in [9.17, 15) is 9.90 Å². The molecule has 0 saturated carbocycles. The smallest absolute Gasteiger partial charge is 0.355 e. The summed E-state index contributed by atoms with van der Waals surface area (Å²) in [5.41, 5.74) is 0.964. The molecule has 1 aromatic carbocycles. The van der Waals surface area contributed by atoms with Crippen LogP contribution in [0.2, 0.25) is 0 Å². The summed E-state index contributed by atoms with van der Waals surface area (Å²) < 4.78 is 15.9. The van der Waals surface area contributed by atoms with Crippen molar-refractivity contribution in [2.45, 2.75) is 0 Å². The van der Waals surface area contributed by atoms with E-state index in [0.29, 0.717) is 28.4 Å². The van der Waals surface area contributed by atoms with E-state index >= 15 is 0 Å². The summed E-state index contributed by atoms with van der Waals surface area (Å²) >= 11 is 0. The number of aromatic nitrogens is 1. The third-order valence-electron chi connectivity index (χ3n) is 3.00. The van der Waals surface area contributed by atoms with Crippen LogP contribution in [0.15, 0.2) is 30.5 Å². The van der Waals surface area contributed by atoms with Gasteiger partial charge in [-0.15, -0.1) is 0 Å². The third-order valence-corrected chi connectivity index (χ3v) is 3.00. The van der Waals surface area contributed by atoms with Crippen LogP contribution in [-0.2, 0) is 0 Å². The summed E-state index contributed by atoms with van der Waals surface area (Å²) in [5, 5.41) is 9.26. The SMILES string of the molecule is COc1ccc(-c2cccnc2C(=O)O)c(OC)c1OC. The Morgan fingerprint density at radius 3 is 2.29 bits per heavy atom. The van der Waals surface area contributed by atoms with Crippen LogP contribution in [0, 0.1) is 0 Å². The molecule has 0 radical (unpaired) electrons. The van der Waals surface area contributed by atoms with Crippen molar-refractivity contribution < 1.29 is 24.1 Å². The van der Waals surface area contributed by atoms with Gasteiger partial charge in [-0.3, -0.25) is 0 Å². The zero-order chi connectivity index (χ0) is 15.4. The second-order valence-corrected chi connectivity index (χ2v) is 4.09. The van der Waals surface area contributed by atoms with Gasteiger partial charge in [0.25, 0.3) is 0 Å². The molecule has 0 aliphatic heterocycles. The topological polar surface area (TPSA) is 77.9 Å². The standard InChI is InChI=1S/C15H15NO5/c1-19-11-7-6-10(13(20-2)14(11)21-3)9-5-4-8-16-12(9)15(17)18/h4-8H,1-3H3,(H,17,18). The number of pyridine rings is 1. The predicted molar refractivity (Wildman–Crippen MR) is 76.3 cm³/mol. The van der Waals surface area contributed by atoms with Gasteiger partial charge in [-0.2, -0.15) is 0 Å². The van der Waals surface area contributed by atoms with Crippen LogP contribution in [0.3, 0.4) is 0 Å². The molecular weight excluding hydrogens is 274 g/mol. The van der Waals surface area contributed by atoms with Crippen LogP contribution in [0.1, 0.15) is 10.5 Å². The highest BCUT2D eigenvalue weighted by Gasteiger charge is 2.21. The van der Waals surface area contributed by atoms with E-state index in [1.54, 1.807) is 24.3 Å². The van der Waals surface area contributed by atoms with Gasteiger partial charge in [-0.1, -0.05) is 6.07 Å². The zero-order valence-electron chi connectivity index (χ0n) is 11.9. The number of nitrogens with zero attached hydrogens (tertiary/aromatic N) is 1. The number of carboxylic acid groups (broad SMARTS) is 1. The monoisotopic (exact) mass is 289 g/mol. The van der Waals surface area contributed by atoms with Gasteiger partial charge in [0, 0.05) is 17.3 Å². The number of benzene rings is 1. The van der Waals surface area contributed by atoms with E-state index in [0.717, 1.165) is 0 Å². The summed E-state index contributed by atoms with van der Waals surface area (Å²) in [5.74, 6) is 0.186. The van der Waals surface area contributed by atoms with Crippen LogP contribution in [0.5, 0.6) is 17.2 Å². The second kappa shape index (κ2) is 6.13.